The smallest absolute Gasteiger partial charge is 0.323 e. The fourth-order valence-corrected chi connectivity index (χ4v) is 1.88. The van der Waals surface area contributed by atoms with E-state index in [4.69, 9.17) is 5.11 Å². The van der Waals surface area contributed by atoms with Crippen molar-refractivity contribution in [1.82, 2.24) is 14.9 Å². The van der Waals surface area contributed by atoms with Crippen LogP contribution in [0.25, 0.3) is 0 Å². The lowest BCUT2D eigenvalue weighted by Gasteiger charge is -2.29. The van der Waals surface area contributed by atoms with E-state index in [9.17, 15) is 9.59 Å². The highest BCUT2D eigenvalue weighted by Crippen LogP contribution is 2.17. The van der Waals surface area contributed by atoms with Crippen LogP contribution in [0.3, 0.4) is 0 Å². The third-order valence-corrected chi connectivity index (χ3v) is 2.93. The standard InChI is InChI=1S/C11H14N4O3/c16-10(17)8-1-5-15(6-2-8)11(18)14-9-7-12-3-4-13-9/h3-4,7-8H,1-2,5-6H2,(H,16,17)(H,13,14,18). The fraction of sp³-hybridized carbons (Fsp3) is 0.455. The summed E-state index contributed by atoms with van der Waals surface area (Å²) in [6.07, 6.45) is 5.45. The number of aromatic nitrogens is 2. The second-order valence-electron chi connectivity index (χ2n) is 4.12. The van der Waals surface area contributed by atoms with Crippen molar-refractivity contribution in [1.29, 1.82) is 0 Å². The maximum Gasteiger partial charge on any atom is 0.323 e. The van der Waals surface area contributed by atoms with Crippen molar-refractivity contribution in [2.75, 3.05) is 18.4 Å². The Balaban J connectivity index is 1.86. The molecular formula is C11H14N4O3. The van der Waals surface area contributed by atoms with Crippen LogP contribution in [0.4, 0.5) is 10.6 Å². The third-order valence-electron chi connectivity index (χ3n) is 2.93. The van der Waals surface area contributed by atoms with Gasteiger partial charge >= 0.3 is 12.0 Å². The molecular weight excluding hydrogens is 236 g/mol. The summed E-state index contributed by atoms with van der Waals surface area (Å²) in [5.74, 6) is -0.739. The highest BCUT2D eigenvalue weighted by molar-refractivity contribution is 5.88. The minimum atomic E-state index is -0.788. The van der Waals surface area contributed by atoms with Gasteiger partial charge in [-0.2, -0.15) is 0 Å². The molecule has 0 radical (unpaired) electrons. The summed E-state index contributed by atoms with van der Waals surface area (Å²) in [6.45, 7) is 0.895. The van der Waals surface area contributed by atoms with Gasteiger partial charge < -0.3 is 10.0 Å². The van der Waals surface area contributed by atoms with E-state index in [1.165, 1.54) is 18.6 Å². The minimum Gasteiger partial charge on any atom is -0.481 e. The molecule has 0 atom stereocenters. The topological polar surface area (TPSA) is 95.4 Å². The van der Waals surface area contributed by atoms with Gasteiger partial charge in [-0.15, -0.1) is 0 Å². The molecule has 0 unspecified atom stereocenters. The number of carboxylic acid groups (broad SMARTS) is 1. The van der Waals surface area contributed by atoms with E-state index in [2.05, 4.69) is 15.3 Å². The molecule has 1 aliphatic rings. The molecule has 0 aromatic carbocycles. The third kappa shape index (κ3) is 2.93. The van der Waals surface area contributed by atoms with Crippen molar-refractivity contribution in [2.45, 2.75) is 12.8 Å². The number of carbonyl (C=O) groups is 2. The summed E-state index contributed by atoms with van der Waals surface area (Å²) < 4.78 is 0. The van der Waals surface area contributed by atoms with Gasteiger partial charge in [0.2, 0.25) is 0 Å². The Labute approximate surface area is 104 Å². The van der Waals surface area contributed by atoms with Crippen LogP contribution in [-0.2, 0) is 4.79 Å². The molecule has 0 bridgehead atoms. The van der Waals surface area contributed by atoms with Crippen molar-refractivity contribution in [2.24, 2.45) is 5.92 Å². The second-order valence-corrected chi connectivity index (χ2v) is 4.12. The Morgan fingerprint density at radius 2 is 2.06 bits per heavy atom. The van der Waals surface area contributed by atoms with Crippen molar-refractivity contribution in [3.8, 4) is 0 Å². The number of amides is 2. The molecule has 2 amide bonds. The van der Waals surface area contributed by atoms with Gasteiger partial charge in [-0.1, -0.05) is 0 Å². The maximum absolute atomic E-state index is 11.8. The van der Waals surface area contributed by atoms with Crippen LogP contribution < -0.4 is 5.32 Å². The summed E-state index contributed by atoms with van der Waals surface area (Å²) >= 11 is 0. The van der Waals surface area contributed by atoms with E-state index in [0.717, 1.165) is 0 Å². The number of aliphatic carboxylic acids is 1. The number of likely N-dealkylation sites (tertiary alicyclic amines) is 1. The molecule has 1 fully saturated rings. The minimum absolute atomic E-state index is 0.265. The number of carbonyl (C=O) groups excluding carboxylic acids is 1. The van der Waals surface area contributed by atoms with Crippen LogP contribution in [0.15, 0.2) is 18.6 Å². The first-order chi connectivity index (χ1) is 8.66. The van der Waals surface area contributed by atoms with Gasteiger partial charge in [0, 0.05) is 25.5 Å². The normalized spacial score (nSPS) is 16.3. The highest BCUT2D eigenvalue weighted by Gasteiger charge is 2.26. The number of anilines is 1. The van der Waals surface area contributed by atoms with Gasteiger partial charge in [0.15, 0.2) is 5.82 Å². The Morgan fingerprint density at radius 3 is 2.61 bits per heavy atom. The van der Waals surface area contributed by atoms with E-state index in [-0.39, 0.29) is 11.9 Å². The summed E-state index contributed by atoms with van der Waals surface area (Å²) in [6, 6.07) is -0.265. The molecule has 7 heteroatoms. The van der Waals surface area contributed by atoms with Crippen LogP contribution in [0.5, 0.6) is 0 Å². The van der Waals surface area contributed by atoms with Gasteiger partial charge in [-0.05, 0) is 12.8 Å². The SMILES string of the molecule is O=C(O)C1CCN(C(=O)Nc2cnccn2)CC1. The lowest BCUT2D eigenvalue weighted by atomic mass is 9.97. The van der Waals surface area contributed by atoms with Crippen LogP contribution in [0.2, 0.25) is 0 Å². The molecule has 7 nitrogen and oxygen atoms in total. The van der Waals surface area contributed by atoms with Crippen molar-refractivity contribution < 1.29 is 14.7 Å². The number of carboxylic acids is 1. The molecule has 96 valence electrons. The summed E-state index contributed by atoms with van der Waals surface area (Å²) in [7, 11) is 0. The average Bonchev–Trinajstić information content (AvgIpc) is 2.40. The van der Waals surface area contributed by atoms with Crippen LogP contribution in [-0.4, -0.2) is 45.1 Å². The molecule has 0 aliphatic carbocycles. The van der Waals surface area contributed by atoms with Gasteiger partial charge in [0.1, 0.15) is 0 Å². The monoisotopic (exact) mass is 250 g/mol. The molecule has 1 aliphatic heterocycles. The lowest BCUT2D eigenvalue weighted by Crippen LogP contribution is -2.42. The van der Waals surface area contributed by atoms with Crippen LogP contribution >= 0.6 is 0 Å². The van der Waals surface area contributed by atoms with Crippen molar-refractivity contribution in [3.05, 3.63) is 18.6 Å². The highest BCUT2D eigenvalue weighted by atomic mass is 16.4. The fourth-order valence-electron chi connectivity index (χ4n) is 1.88. The zero-order valence-corrected chi connectivity index (χ0v) is 9.74. The lowest BCUT2D eigenvalue weighted by molar-refractivity contribution is -0.143. The van der Waals surface area contributed by atoms with Crippen LogP contribution in [0.1, 0.15) is 12.8 Å². The molecule has 2 N–H and O–H groups in total. The van der Waals surface area contributed by atoms with E-state index in [1.807, 2.05) is 0 Å². The number of urea groups is 1. The molecule has 1 aromatic heterocycles. The van der Waals surface area contributed by atoms with E-state index in [0.29, 0.717) is 31.7 Å². The van der Waals surface area contributed by atoms with Crippen molar-refractivity contribution >= 4 is 17.8 Å². The van der Waals surface area contributed by atoms with Gasteiger partial charge in [-0.3, -0.25) is 15.1 Å². The zero-order valence-electron chi connectivity index (χ0n) is 9.74. The van der Waals surface area contributed by atoms with Gasteiger partial charge in [-0.25, -0.2) is 9.78 Å². The molecule has 0 spiro atoms. The maximum atomic E-state index is 11.8. The summed E-state index contributed by atoms with van der Waals surface area (Å²) in [5.41, 5.74) is 0. The summed E-state index contributed by atoms with van der Waals surface area (Å²) in [5, 5.41) is 11.5. The Morgan fingerprint density at radius 1 is 1.33 bits per heavy atom. The molecule has 1 saturated heterocycles. The number of hydrogen-bond acceptors (Lipinski definition) is 4. The summed E-state index contributed by atoms with van der Waals surface area (Å²) in [4.78, 5) is 32.0. The predicted octanol–water partition coefficient (Wildman–Crippen LogP) is 0.805. The Bertz CT molecular complexity index is 429. The predicted molar refractivity (Wildman–Crippen MR) is 63.0 cm³/mol. The zero-order chi connectivity index (χ0) is 13.0. The molecule has 2 heterocycles. The second kappa shape index (κ2) is 5.44. The quantitative estimate of drug-likeness (QED) is 0.809. The number of hydrogen-bond donors (Lipinski definition) is 2. The van der Waals surface area contributed by atoms with E-state index >= 15 is 0 Å². The number of piperidine rings is 1. The molecule has 0 saturated carbocycles. The molecule has 2 rings (SSSR count). The first-order valence-electron chi connectivity index (χ1n) is 5.71. The number of rotatable bonds is 2. The van der Waals surface area contributed by atoms with Gasteiger partial charge in [0.05, 0.1) is 12.1 Å². The van der Waals surface area contributed by atoms with Crippen molar-refractivity contribution in [3.63, 3.8) is 0 Å². The Hall–Kier alpha value is -2.18. The molecule has 18 heavy (non-hydrogen) atoms. The number of nitrogens with one attached hydrogen (secondary N) is 1. The number of nitrogens with zero attached hydrogens (tertiary/aromatic N) is 3. The average molecular weight is 250 g/mol. The first-order valence-corrected chi connectivity index (χ1v) is 5.71. The Kier molecular flexibility index (Phi) is 3.71. The van der Waals surface area contributed by atoms with E-state index in [1.54, 1.807) is 4.90 Å². The molecule has 1 aromatic rings. The van der Waals surface area contributed by atoms with Gasteiger partial charge in [0.25, 0.3) is 0 Å². The largest absolute Gasteiger partial charge is 0.481 e. The first kappa shape index (κ1) is 12.3. The van der Waals surface area contributed by atoms with Crippen LogP contribution in [0, 0.1) is 5.92 Å². The van der Waals surface area contributed by atoms with E-state index < -0.39 is 5.97 Å².